The van der Waals surface area contributed by atoms with Gasteiger partial charge in [0.05, 0.1) is 5.92 Å². The number of esters is 1. The number of carbonyl (C=O) groups excluding carboxylic acids is 1. The second-order valence-corrected chi connectivity index (χ2v) is 1.95. The predicted molar refractivity (Wildman–Crippen MR) is 40.2 cm³/mol. The fourth-order valence-corrected chi connectivity index (χ4v) is 0.701. The Morgan fingerprint density at radius 3 is 2.73 bits per heavy atom. The van der Waals surface area contributed by atoms with Crippen LogP contribution in [0.2, 0.25) is 0 Å². The lowest BCUT2D eigenvalue weighted by atomic mass is 10.1. The summed E-state index contributed by atoms with van der Waals surface area (Å²) in [6.07, 6.45) is 11.8. The molecular formula is C9H7O2. The highest BCUT2D eigenvalue weighted by atomic mass is 16.5. The number of rotatable bonds is 2. The highest BCUT2D eigenvalue weighted by Gasteiger charge is 2.25. The molecule has 2 nitrogen and oxygen atoms in total. The zero-order chi connectivity index (χ0) is 8.10. The maximum Gasteiger partial charge on any atom is 0.314 e. The van der Waals surface area contributed by atoms with Crippen LogP contribution in [0.4, 0.5) is 0 Å². The molecule has 1 aliphatic rings. The van der Waals surface area contributed by atoms with E-state index in [9.17, 15) is 4.79 Å². The summed E-state index contributed by atoms with van der Waals surface area (Å²) in [5.74, 6) is 2.39. The van der Waals surface area contributed by atoms with Gasteiger partial charge in [0.25, 0.3) is 0 Å². The first kappa shape index (κ1) is 8.13. The average Bonchev–Trinajstić information content (AvgIpc) is 2.52. The number of terminal acetylenes is 1. The zero-order valence-corrected chi connectivity index (χ0v) is 5.91. The van der Waals surface area contributed by atoms with E-state index >= 15 is 0 Å². The van der Waals surface area contributed by atoms with Gasteiger partial charge in [0.15, 0.2) is 6.61 Å². The molecule has 1 saturated carbocycles. The molecule has 0 saturated heterocycles. The van der Waals surface area contributed by atoms with Crippen LogP contribution in [0.1, 0.15) is 0 Å². The number of carbonyl (C=O) groups is 1. The van der Waals surface area contributed by atoms with Crippen LogP contribution >= 0.6 is 0 Å². The summed E-state index contributed by atoms with van der Waals surface area (Å²) in [6.45, 7) is 0.0318. The predicted octanol–water partition coefficient (Wildman–Crippen LogP) is 0.568. The lowest BCUT2D eigenvalue weighted by Crippen LogP contribution is -2.13. The van der Waals surface area contributed by atoms with Crippen LogP contribution < -0.4 is 0 Å². The van der Waals surface area contributed by atoms with Crippen molar-refractivity contribution in [2.24, 2.45) is 0 Å². The van der Waals surface area contributed by atoms with E-state index in [-0.39, 0.29) is 12.6 Å². The Morgan fingerprint density at radius 2 is 2.18 bits per heavy atom. The summed E-state index contributed by atoms with van der Waals surface area (Å²) in [7, 11) is 0. The van der Waals surface area contributed by atoms with Crippen molar-refractivity contribution in [2.75, 3.05) is 6.61 Å². The summed E-state index contributed by atoms with van der Waals surface area (Å²) in [5.41, 5.74) is 0. The van der Waals surface area contributed by atoms with Gasteiger partial charge in [-0.15, -0.1) is 6.42 Å². The molecule has 55 valence electrons. The standard InChI is InChI=1S/C9H7O2/c1-2-7-11-9(10)8-5-3-4-6-8/h1,3-6H,7H2. The van der Waals surface area contributed by atoms with Gasteiger partial charge in [0, 0.05) is 0 Å². The largest absolute Gasteiger partial charge is 0.452 e. The molecule has 0 spiro atoms. The number of ether oxygens (including phenoxy) is 1. The quantitative estimate of drug-likeness (QED) is 0.421. The molecule has 0 aliphatic heterocycles. The smallest absolute Gasteiger partial charge is 0.314 e. The van der Waals surface area contributed by atoms with Crippen LogP contribution in [0.25, 0.3) is 0 Å². The molecule has 0 amide bonds. The molecule has 0 aromatic heterocycles. The van der Waals surface area contributed by atoms with Gasteiger partial charge in [-0.25, -0.2) is 0 Å². The molecule has 0 unspecified atom stereocenters. The fraction of sp³-hybridized carbons (Fsp3) is 0.111. The molecule has 1 fully saturated rings. The van der Waals surface area contributed by atoms with Crippen LogP contribution in [-0.4, -0.2) is 12.6 Å². The maximum absolute atomic E-state index is 10.9. The Kier molecular flexibility index (Phi) is 2.97. The van der Waals surface area contributed by atoms with Crippen LogP contribution in [0.3, 0.4) is 0 Å². The van der Waals surface area contributed by atoms with E-state index in [1.165, 1.54) is 0 Å². The molecular weight excluding hydrogens is 140 g/mol. The van der Waals surface area contributed by atoms with E-state index in [1.54, 1.807) is 25.7 Å². The van der Waals surface area contributed by atoms with Crippen molar-refractivity contribution < 1.29 is 9.53 Å². The summed E-state index contributed by atoms with van der Waals surface area (Å²) in [6, 6.07) is 0. The molecule has 0 bridgehead atoms. The molecule has 1 rings (SSSR count). The monoisotopic (exact) mass is 147 g/mol. The van der Waals surface area contributed by atoms with Gasteiger partial charge in [0.1, 0.15) is 0 Å². The third-order valence-corrected chi connectivity index (χ3v) is 1.18. The molecule has 0 aromatic carbocycles. The second-order valence-electron chi connectivity index (χ2n) is 1.95. The van der Waals surface area contributed by atoms with Crippen molar-refractivity contribution in [3.05, 3.63) is 31.6 Å². The Morgan fingerprint density at radius 1 is 1.55 bits per heavy atom. The van der Waals surface area contributed by atoms with Gasteiger partial charge < -0.3 is 4.74 Å². The first-order chi connectivity index (χ1) is 5.34. The molecule has 1 aliphatic carbocycles. The minimum Gasteiger partial charge on any atom is -0.452 e. The summed E-state index contributed by atoms with van der Waals surface area (Å²) in [4.78, 5) is 10.9. The summed E-state index contributed by atoms with van der Waals surface area (Å²) >= 11 is 0. The third-order valence-electron chi connectivity index (χ3n) is 1.18. The number of hydrogen-bond acceptors (Lipinski definition) is 2. The molecule has 0 aromatic rings. The van der Waals surface area contributed by atoms with E-state index < -0.39 is 0 Å². The van der Waals surface area contributed by atoms with E-state index in [0.29, 0.717) is 5.92 Å². The SMILES string of the molecule is C#CCOC(=O)[C]1[CH][CH][CH][CH]1. The fourth-order valence-electron chi connectivity index (χ4n) is 0.701. The zero-order valence-electron chi connectivity index (χ0n) is 5.91. The Hall–Kier alpha value is -0.970. The second kappa shape index (κ2) is 4.02. The van der Waals surface area contributed by atoms with Gasteiger partial charge in [-0.1, -0.05) is 5.92 Å². The van der Waals surface area contributed by atoms with Crippen LogP contribution in [0, 0.1) is 43.9 Å². The lowest BCUT2D eigenvalue weighted by Gasteiger charge is -2.04. The van der Waals surface area contributed by atoms with Crippen molar-refractivity contribution in [3.63, 3.8) is 0 Å². The van der Waals surface area contributed by atoms with Gasteiger partial charge in [-0.3, -0.25) is 4.79 Å². The molecule has 0 atom stereocenters. The molecule has 5 radical (unpaired) electrons. The van der Waals surface area contributed by atoms with E-state index in [4.69, 9.17) is 6.42 Å². The van der Waals surface area contributed by atoms with Crippen LogP contribution in [0.5, 0.6) is 0 Å². The lowest BCUT2D eigenvalue weighted by molar-refractivity contribution is -0.139. The Balaban J connectivity index is 2.24. The van der Waals surface area contributed by atoms with Crippen molar-refractivity contribution in [2.45, 2.75) is 0 Å². The topological polar surface area (TPSA) is 26.3 Å². The van der Waals surface area contributed by atoms with Crippen molar-refractivity contribution in [1.82, 2.24) is 0 Å². The van der Waals surface area contributed by atoms with Crippen LogP contribution in [-0.2, 0) is 9.53 Å². The summed E-state index contributed by atoms with van der Waals surface area (Å²) < 4.78 is 4.66. The minimum absolute atomic E-state index is 0.0318. The van der Waals surface area contributed by atoms with E-state index in [1.807, 2.05) is 0 Å². The molecule has 2 heteroatoms. The molecule has 11 heavy (non-hydrogen) atoms. The normalized spacial score (nSPS) is 17.7. The van der Waals surface area contributed by atoms with E-state index in [0.717, 1.165) is 0 Å². The van der Waals surface area contributed by atoms with E-state index in [2.05, 4.69) is 10.7 Å². The highest BCUT2D eigenvalue weighted by Crippen LogP contribution is 2.23. The maximum atomic E-state index is 10.9. The summed E-state index contributed by atoms with van der Waals surface area (Å²) in [5, 5.41) is 0. The minimum atomic E-state index is -0.368. The third kappa shape index (κ3) is 2.27. The van der Waals surface area contributed by atoms with Gasteiger partial charge in [-0.05, 0) is 25.7 Å². The Bertz CT molecular complexity index is 172. The van der Waals surface area contributed by atoms with Gasteiger partial charge in [-0.2, -0.15) is 0 Å². The Labute approximate surface area is 66.9 Å². The van der Waals surface area contributed by atoms with Crippen LogP contribution in [0.15, 0.2) is 0 Å². The van der Waals surface area contributed by atoms with Crippen molar-refractivity contribution >= 4 is 5.97 Å². The molecule has 0 N–H and O–H groups in total. The highest BCUT2D eigenvalue weighted by molar-refractivity contribution is 5.91. The molecule has 0 heterocycles. The first-order valence-corrected chi connectivity index (χ1v) is 3.17. The van der Waals surface area contributed by atoms with Gasteiger partial charge in [0.2, 0.25) is 0 Å². The average molecular weight is 147 g/mol. The van der Waals surface area contributed by atoms with Crippen molar-refractivity contribution in [1.29, 1.82) is 0 Å². The van der Waals surface area contributed by atoms with Crippen molar-refractivity contribution in [3.8, 4) is 12.3 Å². The number of hydrogen-bond donors (Lipinski definition) is 0. The first-order valence-electron chi connectivity index (χ1n) is 3.17. The van der Waals surface area contributed by atoms with Gasteiger partial charge >= 0.3 is 5.97 Å².